The molecule has 0 radical (unpaired) electrons. The second kappa shape index (κ2) is 6.41. The van der Waals surface area contributed by atoms with E-state index in [2.05, 4.69) is 50.4 Å². The van der Waals surface area contributed by atoms with Gasteiger partial charge in [0.25, 0.3) is 0 Å². The zero-order valence-electron chi connectivity index (χ0n) is 11.5. The quantitative estimate of drug-likeness (QED) is 0.723. The molecule has 2 aromatic heterocycles. The third kappa shape index (κ3) is 3.51. The van der Waals surface area contributed by atoms with Crippen molar-refractivity contribution in [3.05, 3.63) is 51.6 Å². The highest BCUT2D eigenvalue weighted by molar-refractivity contribution is 9.10. The van der Waals surface area contributed by atoms with Crippen molar-refractivity contribution in [1.29, 1.82) is 0 Å². The van der Waals surface area contributed by atoms with Gasteiger partial charge in [-0.2, -0.15) is 4.98 Å². The van der Waals surface area contributed by atoms with Crippen LogP contribution < -0.4 is 5.32 Å². The molecule has 4 nitrogen and oxygen atoms in total. The van der Waals surface area contributed by atoms with Crippen LogP contribution in [-0.4, -0.2) is 16.7 Å². The minimum absolute atomic E-state index is 0.649. The molecule has 3 rings (SSSR count). The lowest BCUT2D eigenvalue weighted by molar-refractivity contribution is 0.381. The van der Waals surface area contributed by atoms with E-state index in [1.807, 2.05) is 23.6 Å². The Bertz CT molecular complexity index is 738. The summed E-state index contributed by atoms with van der Waals surface area (Å²) in [6.07, 6.45) is 0.702. The van der Waals surface area contributed by atoms with Crippen LogP contribution in [0.15, 0.2) is 44.7 Å². The highest BCUT2D eigenvalue weighted by Gasteiger charge is 2.10. The SMILES string of the molecule is Cc1ccccc1NCCc1nc(-c2cc(Br)cs2)no1. The molecule has 1 aromatic carbocycles. The smallest absolute Gasteiger partial charge is 0.228 e. The standard InChI is InChI=1S/C15H14BrN3OS/c1-10-4-2-3-5-12(10)17-7-6-14-18-15(19-20-14)13-8-11(16)9-21-13/h2-5,8-9,17H,6-7H2,1H3. The Kier molecular flexibility index (Phi) is 4.36. The molecule has 0 bridgehead atoms. The van der Waals surface area contributed by atoms with Crippen molar-refractivity contribution in [2.75, 3.05) is 11.9 Å². The predicted octanol–water partition coefficient (Wildman–Crippen LogP) is 4.52. The van der Waals surface area contributed by atoms with Crippen LogP contribution in [0.2, 0.25) is 0 Å². The van der Waals surface area contributed by atoms with Crippen molar-refractivity contribution < 1.29 is 4.52 Å². The largest absolute Gasteiger partial charge is 0.384 e. The zero-order chi connectivity index (χ0) is 14.7. The fourth-order valence-electron chi connectivity index (χ4n) is 1.96. The number of halogens is 1. The van der Waals surface area contributed by atoms with Gasteiger partial charge in [0, 0.05) is 28.5 Å². The Morgan fingerprint density at radius 1 is 1.33 bits per heavy atom. The minimum atomic E-state index is 0.649. The van der Waals surface area contributed by atoms with Gasteiger partial charge in [-0.1, -0.05) is 23.4 Å². The molecule has 21 heavy (non-hydrogen) atoms. The highest BCUT2D eigenvalue weighted by Crippen LogP contribution is 2.27. The van der Waals surface area contributed by atoms with Crippen molar-refractivity contribution >= 4 is 33.0 Å². The van der Waals surface area contributed by atoms with Gasteiger partial charge in [-0.05, 0) is 40.5 Å². The Morgan fingerprint density at radius 3 is 2.95 bits per heavy atom. The third-order valence-electron chi connectivity index (χ3n) is 3.06. The van der Waals surface area contributed by atoms with E-state index in [-0.39, 0.29) is 0 Å². The van der Waals surface area contributed by atoms with Crippen LogP contribution in [0.4, 0.5) is 5.69 Å². The lowest BCUT2D eigenvalue weighted by Crippen LogP contribution is -2.06. The molecule has 0 fully saturated rings. The van der Waals surface area contributed by atoms with Crippen molar-refractivity contribution in [2.45, 2.75) is 13.3 Å². The van der Waals surface area contributed by atoms with E-state index in [0.29, 0.717) is 18.1 Å². The number of aromatic nitrogens is 2. The van der Waals surface area contributed by atoms with Gasteiger partial charge in [0.2, 0.25) is 11.7 Å². The summed E-state index contributed by atoms with van der Waals surface area (Å²) in [4.78, 5) is 5.42. The molecule has 2 heterocycles. The first-order valence-electron chi connectivity index (χ1n) is 6.59. The molecule has 0 aliphatic rings. The zero-order valence-corrected chi connectivity index (χ0v) is 13.9. The topological polar surface area (TPSA) is 51.0 Å². The van der Waals surface area contributed by atoms with Gasteiger partial charge in [-0.3, -0.25) is 0 Å². The van der Waals surface area contributed by atoms with Gasteiger partial charge >= 0.3 is 0 Å². The van der Waals surface area contributed by atoms with Crippen LogP contribution in [0.3, 0.4) is 0 Å². The number of nitrogens with one attached hydrogen (secondary N) is 1. The highest BCUT2D eigenvalue weighted by atomic mass is 79.9. The summed E-state index contributed by atoms with van der Waals surface area (Å²) in [5, 5.41) is 9.41. The Hall–Kier alpha value is -1.66. The summed E-state index contributed by atoms with van der Waals surface area (Å²) in [7, 11) is 0. The predicted molar refractivity (Wildman–Crippen MR) is 88.7 cm³/mol. The number of thiophene rings is 1. The number of nitrogens with zero attached hydrogens (tertiary/aromatic N) is 2. The third-order valence-corrected chi connectivity index (χ3v) is 4.74. The second-order valence-corrected chi connectivity index (χ2v) is 6.46. The first-order valence-corrected chi connectivity index (χ1v) is 8.26. The van der Waals surface area contributed by atoms with E-state index in [0.717, 1.165) is 21.6 Å². The van der Waals surface area contributed by atoms with E-state index >= 15 is 0 Å². The maximum atomic E-state index is 5.29. The van der Waals surface area contributed by atoms with Crippen LogP contribution in [0.1, 0.15) is 11.5 Å². The fourth-order valence-corrected chi connectivity index (χ4v) is 3.31. The van der Waals surface area contributed by atoms with Gasteiger partial charge in [0.15, 0.2) is 0 Å². The summed E-state index contributed by atoms with van der Waals surface area (Å²) in [5.41, 5.74) is 2.37. The van der Waals surface area contributed by atoms with Gasteiger partial charge in [-0.15, -0.1) is 11.3 Å². The first kappa shape index (κ1) is 14.3. The van der Waals surface area contributed by atoms with Gasteiger partial charge < -0.3 is 9.84 Å². The minimum Gasteiger partial charge on any atom is -0.384 e. The molecular weight excluding hydrogens is 350 g/mol. The summed E-state index contributed by atoms with van der Waals surface area (Å²) in [5.74, 6) is 1.30. The molecule has 0 aliphatic carbocycles. The summed E-state index contributed by atoms with van der Waals surface area (Å²) in [6.45, 7) is 2.85. The van der Waals surface area contributed by atoms with Crippen LogP contribution in [0.25, 0.3) is 10.7 Å². The normalized spacial score (nSPS) is 10.8. The van der Waals surface area contributed by atoms with Crippen LogP contribution in [0.5, 0.6) is 0 Å². The number of anilines is 1. The molecule has 0 saturated carbocycles. The number of para-hydroxylation sites is 1. The Morgan fingerprint density at radius 2 is 2.19 bits per heavy atom. The van der Waals surface area contributed by atoms with Gasteiger partial charge in [0.1, 0.15) is 0 Å². The van der Waals surface area contributed by atoms with E-state index < -0.39 is 0 Å². The average Bonchev–Trinajstić information content (AvgIpc) is 3.10. The van der Waals surface area contributed by atoms with Gasteiger partial charge in [0.05, 0.1) is 4.88 Å². The molecule has 0 unspecified atom stereocenters. The number of rotatable bonds is 5. The van der Waals surface area contributed by atoms with Crippen molar-refractivity contribution in [3.8, 4) is 10.7 Å². The Labute approximate surface area is 135 Å². The number of hydrogen-bond donors (Lipinski definition) is 1. The van der Waals surface area contributed by atoms with E-state index in [4.69, 9.17) is 4.52 Å². The van der Waals surface area contributed by atoms with Gasteiger partial charge in [-0.25, -0.2) is 0 Å². The summed E-state index contributed by atoms with van der Waals surface area (Å²) >= 11 is 5.02. The van der Waals surface area contributed by atoms with Crippen LogP contribution >= 0.6 is 27.3 Å². The van der Waals surface area contributed by atoms with Crippen LogP contribution in [-0.2, 0) is 6.42 Å². The average molecular weight is 364 g/mol. The maximum absolute atomic E-state index is 5.29. The number of benzene rings is 1. The summed E-state index contributed by atoms with van der Waals surface area (Å²) in [6, 6.07) is 10.2. The molecule has 0 aliphatic heterocycles. The molecule has 0 atom stereocenters. The first-order chi connectivity index (χ1) is 10.2. The molecule has 6 heteroatoms. The van der Waals surface area contributed by atoms with Crippen molar-refractivity contribution in [1.82, 2.24) is 10.1 Å². The lowest BCUT2D eigenvalue weighted by Gasteiger charge is -2.07. The molecule has 0 amide bonds. The molecule has 3 aromatic rings. The molecule has 108 valence electrons. The van der Waals surface area contributed by atoms with Crippen LogP contribution in [0, 0.1) is 6.92 Å². The second-order valence-electron chi connectivity index (χ2n) is 4.63. The Balaban J connectivity index is 1.59. The maximum Gasteiger partial charge on any atom is 0.228 e. The lowest BCUT2D eigenvalue weighted by atomic mass is 10.2. The molecular formula is C15H14BrN3OS. The fraction of sp³-hybridized carbons (Fsp3) is 0.200. The molecule has 0 saturated heterocycles. The van der Waals surface area contributed by atoms with Crippen molar-refractivity contribution in [3.63, 3.8) is 0 Å². The molecule has 1 N–H and O–H groups in total. The van der Waals surface area contributed by atoms with Crippen molar-refractivity contribution in [2.24, 2.45) is 0 Å². The van der Waals surface area contributed by atoms with E-state index in [1.165, 1.54) is 5.56 Å². The van der Waals surface area contributed by atoms with E-state index in [1.54, 1.807) is 11.3 Å². The van der Waals surface area contributed by atoms with E-state index in [9.17, 15) is 0 Å². The monoisotopic (exact) mass is 363 g/mol. The summed E-state index contributed by atoms with van der Waals surface area (Å²) < 4.78 is 6.32. The molecule has 0 spiro atoms. The number of aryl methyl sites for hydroxylation is 1. The number of hydrogen-bond acceptors (Lipinski definition) is 5.